The molecule has 9 nitrogen and oxygen atoms in total. The van der Waals surface area contributed by atoms with Crippen molar-refractivity contribution in [3.05, 3.63) is 12.3 Å². The minimum Gasteiger partial charge on any atom is -0.459 e. The Morgan fingerprint density at radius 2 is 1.94 bits per heavy atom. The van der Waals surface area contributed by atoms with Crippen LogP contribution in [0.5, 0.6) is 0 Å². The average molecular weight is 455 g/mol. The lowest BCUT2D eigenvalue weighted by molar-refractivity contribution is -0.156. The number of hydrogen-bond acceptors (Lipinski definition) is 6. The molecule has 0 bridgehead atoms. The fourth-order valence-electron chi connectivity index (χ4n) is 4.15. The summed E-state index contributed by atoms with van der Waals surface area (Å²) in [5, 5.41) is 2.31. The summed E-state index contributed by atoms with van der Waals surface area (Å²) in [4.78, 5) is 54.2. The van der Waals surface area contributed by atoms with Crippen LogP contribution in [0.15, 0.2) is 12.3 Å². The third-order valence-electron chi connectivity index (χ3n) is 5.86. The van der Waals surface area contributed by atoms with Crippen LogP contribution in [-0.4, -0.2) is 89.1 Å². The number of piperidine rings is 1. The number of alkyl halides is 1. The summed E-state index contributed by atoms with van der Waals surface area (Å²) in [5.74, 6) is -1.57. The first kappa shape index (κ1) is 25.8. The van der Waals surface area contributed by atoms with Gasteiger partial charge in [0.25, 0.3) is 0 Å². The molecule has 2 heterocycles. The summed E-state index contributed by atoms with van der Waals surface area (Å²) in [5.41, 5.74) is -0.663. The van der Waals surface area contributed by atoms with Crippen LogP contribution in [0.4, 0.5) is 9.18 Å². The molecule has 0 radical (unpaired) electrons. The van der Waals surface area contributed by atoms with Crippen molar-refractivity contribution in [1.29, 1.82) is 0 Å². The molecule has 0 aromatic heterocycles. The number of hydrogen-bond donors (Lipinski definition) is 1. The van der Waals surface area contributed by atoms with Crippen LogP contribution in [0.2, 0.25) is 0 Å². The van der Waals surface area contributed by atoms with Crippen LogP contribution in [0, 0.1) is 5.92 Å². The molecule has 0 spiro atoms. The number of carbonyl (C=O) groups is 4. The van der Waals surface area contributed by atoms with Gasteiger partial charge in [0.05, 0.1) is 6.54 Å². The summed E-state index contributed by atoms with van der Waals surface area (Å²) in [6.45, 7) is 8.28. The van der Waals surface area contributed by atoms with Crippen LogP contribution in [-0.2, 0) is 19.1 Å². The highest BCUT2D eigenvalue weighted by Crippen LogP contribution is 2.28. The number of halogens is 1. The highest BCUT2D eigenvalue weighted by molar-refractivity contribution is 6.01. The summed E-state index contributed by atoms with van der Waals surface area (Å²) in [6, 6.07) is -1.96. The Morgan fingerprint density at radius 3 is 2.50 bits per heavy atom. The van der Waals surface area contributed by atoms with Crippen LogP contribution in [0.25, 0.3) is 0 Å². The lowest BCUT2D eigenvalue weighted by atomic mass is 9.89. The monoisotopic (exact) mass is 454 g/mol. The second-order valence-electron chi connectivity index (χ2n) is 9.45. The topological polar surface area (TPSA) is 99.3 Å². The molecular formula is C22H35FN4O5. The molecule has 180 valence electrons. The predicted octanol–water partition coefficient (Wildman–Crippen LogP) is 1.68. The Kier molecular flexibility index (Phi) is 8.39. The quantitative estimate of drug-likeness (QED) is 0.484. The van der Waals surface area contributed by atoms with Gasteiger partial charge < -0.3 is 14.5 Å². The van der Waals surface area contributed by atoms with Crippen molar-refractivity contribution in [2.45, 2.75) is 71.2 Å². The molecule has 4 amide bonds. The van der Waals surface area contributed by atoms with E-state index in [1.54, 1.807) is 45.0 Å². The number of esters is 1. The maximum Gasteiger partial charge on any atom is 0.324 e. The van der Waals surface area contributed by atoms with Gasteiger partial charge in [0, 0.05) is 38.3 Å². The van der Waals surface area contributed by atoms with Gasteiger partial charge in [-0.2, -0.15) is 0 Å². The number of nitrogens with zero attached hydrogens (tertiary/aromatic N) is 3. The van der Waals surface area contributed by atoms with E-state index in [9.17, 15) is 23.6 Å². The van der Waals surface area contributed by atoms with E-state index in [2.05, 4.69) is 5.32 Å². The summed E-state index contributed by atoms with van der Waals surface area (Å²) < 4.78 is 18.8. The smallest absolute Gasteiger partial charge is 0.324 e. The van der Waals surface area contributed by atoms with Crippen molar-refractivity contribution in [2.75, 3.05) is 26.8 Å². The Labute approximate surface area is 188 Å². The van der Waals surface area contributed by atoms with Crippen molar-refractivity contribution >= 4 is 23.8 Å². The van der Waals surface area contributed by atoms with Gasteiger partial charge >= 0.3 is 12.0 Å². The van der Waals surface area contributed by atoms with E-state index >= 15 is 0 Å². The number of carbonyl (C=O) groups excluding carboxylic acids is 4. The molecular weight excluding hydrogens is 419 g/mol. The molecule has 4 atom stereocenters. The molecule has 3 unspecified atom stereocenters. The molecule has 2 aliphatic heterocycles. The van der Waals surface area contributed by atoms with Gasteiger partial charge in [-0.3, -0.25) is 24.6 Å². The zero-order chi connectivity index (χ0) is 24.2. The molecule has 0 saturated carbocycles. The van der Waals surface area contributed by atoms with E-state index in [0.29, 0.717) is 0 Å². The van der Waals surface area contributed by atoms with E-state index in [1.165, 1.54) is 9.80 Å². The van der Waals surface area contributed by atoms with Crippen molar-refractivity contribution in [1.82, 2.24) is 20.0 Å². The number of ether oxygens (including phenoxy) is 1. The van der Waals surface area contributed by atoms with Gasteiger partial charge in [0.15, 0.2) is 0 Å². The van der Waals surface area contributed by atoms with E-state index < -0.39 is 36.2 Å². The molecule has 0 aromatic carbocycles. The standard InChI is InChI=1S/C22H35FN4O5/c1-14-15(2)27(17-7-8-18(28)24-20(17)30)21(31)25(6)11-9-16(14)26(12-10-23)13-19(29)32-22(3,4)5/h9,11,14-17H,7-8,10,12-13H2,1-6H3,(H,24,28,30)/b11-9+/t14?,15-,16?,17?/m1/s1. The van der Waals surface area contributed by atoms with Gasteiger partial charge in [-0.15, -0.1) is 0 Å². The van der Waals surface area contributed by atoms with Gasteiger partial charge in [0.1, 0.15) is 18.3 Å². The zero-order valence-electron chi connectivity index (χ0n) is 19.8. The van der Waals surface area contributed by atoms with Gasteiger partial charge in [-0.1, -0.05) is 13.0 Å². The van der Waals surface area contributed by atoms with E-state index in [0.717, 1.165) is 0 Å². The average Bonchev–Trinajstić information content (AvgIpc) is 2.67. The lowest BCUT2D eigenvalue weighted by Gasteiger charge is -2.45. The number of amides is 4. The molecule has 2 aliphatic rings. The first-order valence-corrected chi connectivity index (χ1v) is 10.9. The second-order valence-corrected chi connectivity index (χ2v) is 9.45. The number of nitrogens with one attached hydrogen (secondary N) is 1. The Hall–Kier alpha value is -2.49. The Balaban J connectivity index is 2.33. The molecule has 1 N–H and O–H groups in total. The second kappa shape index (κ2) is 10.4. The molecule has 32 heavy (non-hydrogen) atoms. The largest absolute Gasteiger partial charge is 0.459 e. The zero-order valence-corrected chi connectivity index (χ0v) is 19.8. The van der Waals surface area contributed by atoms with Crippen molar-refractivity contribution in [3.8, 4) is 0 Å². The summed E-state index contributed by atoms with van der Waals surface area (Å²) >= 11 is 0. The molecule has 1 saturated heterocycles. The first-order valence-electron chi connectivity index (χ1n) is 10.9. The predicted molar refractivity (Wildman–Crippen MR) is 116 cm³/mol. The van der Waals surface area contributed by atoms with Gasteiger partial charge in [-0.05, 0) is 40.0 Å². The number of imide groups is 1. The molecule has 2 rings (SSSR count). The van der Waals surface area contributed by atoms with Gasteiger partial charge in [-0.25, -0.2) is 9.18 Å². The van der Waals surface area contributed by atoms with Crippen LogP contribution < -0.4 is 5.32 Å². The Bertz CT molecular complexity index is 766. The van der Waals surface area contributed by atoms with Crippen LogP contribution in [0.1, 0.15) is 47.5 Å². The minimum atomic E-state index is -0.785. The van der Waals surface area contributed by atoms with Crippen molar-refractivity contribution in [2.24, 2.45) is 5.92 Å². The highest BCUT2D eigenvalue weighted by Gasteiger charge is 2.42. The summed E-state index contributed by atoms with van der Waals surface area (Å²) in [6.07, 6.45) is 3.74. The third-order valence-corrected chi connectivity index (χ3v) is 5.86. The van der Waals surface area contributed by atoms with Crippen molar-refractivity contribution < 1.29 is 28.3 Å². The Morgan fingerprint density at radius 1 is 1.28 bits per heavy atom. The number of rotatable bonds is 6. The normalized spacial score (nSPS) is 28.3. The van der Waals surface area contributed by atoms with E-state index in [1.807, 2.05) is 13.8 Å². The lowest BCUT2D eigenvalue weighted by Crippen LogP contribution is -2.62. The van der Waals surface area contributed by atoms with E-state index in [4.69, 9.17) is 4.74 Å². The number of urea groups is 1. The first-order chi connectivity index (χ1) is 14.9. The van der Waals surface area contributed by atoms with Crippen molar-refractivity contribution in [3.63, 3.8) is 0 Å². The highest BCUT2D eigenvalue weighted by atomic mass is 19.1. The van der Waals surface area contributed by atoms with Crippen LogP contribution in [0.3, 0.4) is 0 Å². The fraction of sp³-hybridized carbons (Fsp3) is 0.727. The minimum absolute atomic E-state index is 0.0153. The maximum absolute atomic E-state index is 13.4. The van der Waals surface area contributed by atoms with Gasteiger partial charge in [0.2, 0.25) is 11.8 Å². The molecule has 10 heteroatoms. The molecule has 1 fully saturated rings. The molecule has 0 aromatic rings. The fourth-order valence-corrected chi connectivity index (χ4v) is 4.15. The van der Waals surface area contributed by atoms with E-state index in [-0.39, 0.29) is 49.8 Å². The van der Waals surface area contributed by atoms with Crippen LogP contribution >= 0.6 is 0 Å². The SMILES string of the molecule is CC1C(N(CCF)CC(=O)OC(C)(C)C)/C=C/N(C)C(=O)N(C2CCC(=O)NC2=O)[C@@H]1C. The summed E-state index contributed by atoms with van der Waals surface area (Å²) in [7, 11) is 1.57. The maximum atomic E-state index is 13.4. The third kappa shape index (κ3) is 6.27. The molecule has 0 aliphatic carbocycles.